The molecule has 2 aromatic rings. The number of hydrogen-bond donors (Lipinski definition) is 1. The Bertz CT molecular complexity index is 674. The minimum atomic E-state index is -0.256. The smallest absolute Gasteiger partial charge is 0.227 e. The second-order valence-electron chi connectivity index (χ2n) is 6.70. The molecule has 0 saturated carbocycles. The molecular weight excluding hydrogens is 300 g/mol. The van der Waals surface area contributed by atoms with Crippen molar-refractivity contribution in [2.75, 3.05) is 13.1 Å². The molecule has 3 rings (SSSR count). The van der Waals surface area contributed by atoms with Gasteiger partial charge in [0.1, 0.15) is 0 Å². The summed E-state index contributed by atoms with van der Waals surface area (Å²) in [5.41, 5.74) is 8.59. The first kappa shape index (κ1) is 16.7. The lowest BCUT2D eigenvalue weighted by Gasteiger charge is -2.34. The van der Waals surface area contributed by atoms with Gasteiger partial charge in [0, 0.05) is 44.0 Å². The van der Waals surface area contributed by atoms with Crippen LogP contribution in [0, 0.1) is 5.92 Å². The molecule has 128 valence electrons. The van der Waals surface area contributed by atoms with E-state index >= 15 is 0 Å². The monoisotopic (exact) mass is 326 g/mol. The van der Waals surface area contributed by atoms with Crippen molar-refractivity contribution in [2.45, 2.75) is 31.7 Å². The number of carbonyl (C=O) groups excluding carboxylic acids is 1. The molecular formula is C19H26N4O. The molecule has 1 aliphatic heterocycles. The van der Waals surface area contributed by atoms with Crippen molar-refractivity contribution in [3.63, 3.8) is 0 Å². The molecule has 1 aromatic carbocycles. The Morgan fingerprint density at radius 1 is 1.21 bits per heavy atom. The number of nitrogens with two attached hydrogens (primary N) is 1. The van der Waals surface area contributed by atoms with E-state index in [1.54, 1.807) is 0 Å². The van der Waals surface area contributed by atoms with Gasteiger partial charge in [-0.25, -0.2) is 0 Å². The normalized spacial score (nSPS) is 18.4. The molecule has 5 heteroatoms. The Balaban J connectivity index is 1.59. The molecule has 0 spiro atoms. The number of rotatable bonds is 4. The van der Waals surface area contributed by atoms with Crippen LogP contribution in [0.4, 0.5) is 0 Å². The summed E-state index contributed by atoms with van der Waals surface area (Å²) in [5, 5.41) is 4.25. The van der Waals surface area contributed by atoms with E-state index in [0.717, 1.165) is 31.5 Å². The van der Waals surface area contributed by atoms with Gasteiger partial charge < -0.3 is 10.6 Å². The van der Waals surface area contributed by atoms with Gasteiger partial charge in [0.25, 0.3) is 0 Å². The van der Waals surface area contributed by atoms with Gasteiger partial charge in [-0.1, -0.05) is 37.3 Å². The molecule has 2 heterocycles. The number of carbonyl (C=O) groups is 1. The van der Waals surface area contributed by atoms with Crippen LogP contribution in [0.25, 0.3) is 0 Å². The number of likely N-dealkylation sites (tertiary alicyclic amines) is 1. The van der Waals surface area contributed by atoms with Gasteiger partial charge in [0.15, 0.2) is 0 Å². The van der Waals surface area contributed by atoms with Crippen molar-refractivity contribution >= 4 is 5.91 Å². The summed E-state index contributed by atoms with van der Waals surface area (Å²) >= 11 is 0. The second-order valence-corrected chi connectivity index (χ2v) is 6.70. The second kappa shape index (κ2) is 7.18. The molecule has 1 aliphatic rings. The molecule has 0 radical (unpaired) electrons. The van der Waals surface area contributed by atoms with Crippen molar-refractivity contribution in [3.8, 4) is 0 Å². The Hall–Kier alpha value is -2.14. The predicted molar refractivity (Wildman–Crippen MR) is 94.3 cm³/mol. The van der Waals surface area contributed by atoms with Crippen molar-refractivity contribution in [1.82, 2.24) is 14.7 Å². The topological polar surface area (TPSA) is 64.2 Å². The lowest BCUT2D eigenvalue weighted by molar-refractivity contribution is -0.136. The number of benzene rings is 1. The number of amides is 1. The van der Waals surface area contributed by atoms with Crippen LogP contribution in [0.15, 0.2) is 42.6 Å². The van der Waals surface area contributed by atoms with Crippen molar-refractivity contribution in [3.05, 3.63) is 53.9 Å². The molecule has 2 atom stereocenters. The average Bonchev–Trinajstić information content (AvgIpc) is 3.06. The van der Waals surface area contributed by atoms with E-state index in [-0.39, 0.29) is 17.9 Å². The maximum atomic E-state index is 12.8. The average molecular weight is 326 g/mol. The molecule has 1 aromatic heterocycles. The fourth-order valence-electron chi connectivity index (χ4n) is 3.59. The molecule has 0 aliphatic carbocycles. The summed E-state index contributed by atoms with van der Waals surface area (Å²) in [6.07, 6.45) is 3.81. The molecule has 2 unspecified atom stereocenters. The van der Waals surface area contributed by atoms with Gasteiger partial charge in [0.2, 0.25) is 5.91 Å². The molecule has 24 heavy (non-hydrogen) atoms. The van der Waals surface area contributed by atoms with Gasteiger partial charge in [-0.15, -0.1) is 0 Å². The highest BCUT2D eigenvalue weighted by molar-refractivity contribution is 5.79. The summed E-state index contributed by atoms with van der Waals surface area (Å²) in [7, 11) is 1.98. The van der Waals surface area contributed by atoms with E-state index < -0.39 is 0 Å². The highest BCUT2D eigenvalue weighted by Gasteiger charge is 2.30. The van der Waals surface area contributed by atoms with E-state index in [4.69, 9.17) is 5.73 Å². The Labute approximate surface area is 143 Å². The largest absolute Gasteiger partial charge is 0.342 e. The quantitative estimate of drug-likeness (QED) is 0.939. The maximum absolute atomic E-state index is 12.8. The highest BCUT2D eigenvalue weighted by atomic mass is 16.2. The van der Waals surface area contributed by atoms with Crippen LogP contribution in [0.3, 0.4) is 0 Å². The van der Waals surface area contributed by atoms with E-state index in [0.29, 0.717) is 5.92 Å². The Morgan fingerprint density at radius 2 is 1.88 bits per heavy atom. The van der Waals surface area contributed by atoms with E-state index in [2.05, 4.69) is 11.2 Å². The predicted octanol–water partition coefficient (Wildman–Crippen LogP) is 2.46. The molecule has 2 N–H and O–H groups in total. The number of piperidine rings is 1. The molecule has 5 nitrogen and oxygen atoms in total. The zero-order chi connectivity index (χ0) is 17.1. The van der Waals surface area contributed by atoms with E-state index in [1.165, 1.54) is 5.69 Å². The zero-order valence-electron chi connectivity index (χ0n) is 14.4. The maximum Gasteiger partial charge on any atom is 0.227 e. The summed E-state index contributed by atoms with van der Waals surface area (Å²) in [5.74, 6) is 0.440. The third-order valence-electron chi connectivity index (χ3n) is 5.20. The van der Waals surface area contributed by atoms with Gasteiger partial charge in [0.05, 0.1) is 5.92 Å². The van der Waals surface area contributed by atoms with Crippen LogP contribution >= 0.6 is 0 Å². The van der Waals surface area contributed by atoms with E-state index in [1.807, 2.05) is 60.1 Å². The van der Waals surface area contributed by atoms with Crippen LogP contribution in [0.5, 0.6) is 0 Å². The van der Waals surface area contributed by atoms with Crippen molar-refractivity contribution < 1.29 is 4.79 Å². The Kier molecular flexibility index (Phi) is 5.00. The van der Waals surface area contributed by atoms with Gasteiger partial charge >= 0.3 is 0 Å². The fourth-order valence-corrected chi connectivity index (χ4v) is 3.59. The first-order valence-corrected chi connectivity index (χ1v) is 8.65. The molecule has 0 bridgehead atoms. The highest BCUT2D eigenvalue weighted by Crippen LogP contribution is 2.29. The lowest BCUT2D eigenvalue weighted by atomic mass is 9.90. The number of nitrogens with zero attached hydrogens (tertiary/aromatic N) is 3. The minimum Gasteiger partial charge on any atom is -0.342 e. The van der Waals surface area contributed by atoms with Crippen LogP contribution in [0.1, 0.15) is 43.0 Å². The Morgan fingerprint density at radius 3 is 2.46 bits per heavy atom. The third kappa shape index (κ3) is 3.36. The first-order valence-electron chi connectivity index (χ1n) is 8.65. The van der Waals surface area contributed by atoms with Crippen LogP contribution < -0.4 is 5.73 Å². The standard InChI is InChI=1S/C19H26N4O/c1-14(18(20)16-6-4-3-5-7-16)19(24)23-12-9-15(10-13-23)17-8-11-21-22(17)2/h3-8,11,14-15,18H,9-10,12-13,20H2,1-2H3. The lowest BCUT2D eigenvalue weighted by Crippen LogP contribution is -2.43. The number of aromatic nitrogens is 2. The summed E-state index contributed by atoms with van der Waals surface area (Å²) in [6, 6.07) is 11.7. The summed E-state index contributed by atoms with van der Waals surface area (Å²) < 4.78 is 1.94. The first-order chi connectivity index (χ1) is 11.6. The van der Waals surface area contributed by atoms with Gasteiger partial charge in [-0.05, 0) is 24.5 Å². The molecule has 1 saturated heterocycles. The van der Waals surface area contributed by atoms with Crippen LogP contribution in [0.2, 0.25) is 0 Å². The molecule has 1 amide bonds. The fraction of sp³-hybridized carbons (Fsp3) is 0.474. The third-order valence-corrected chi connectivity index (χ3v) is 5.20. The van der Waals surface area contributed by atoms with Crippen LogP contribution in [-0.4, -0.2) is 33.7 Å². The number of aryl methyl sites for hydroxylation is 1. The van der Waals surface area contributed by atoms with Gasteiger partial charge in [-0.3, -0.25) is 9.48 Å². The van der Waals surface area contributed by atoms with Crippen LogP contribution in [-0.2, 0) is 11.8 Å². The minimum absolute atomic E-state index is 0.162. The number of hydrogen-bond acceptors (Lipinski definition) is 3. The van der Waals surface area contributed by atoms with Gasteiger partial charge in [-0.2, -0.15) is 5.10 Å². The molecule has 1 fully saturated rings. The SMILES string of the molecule is CC(C(=O)N1CCC(c2ccnn2C)CC1)C(N)c1ccccc1. The van der Waals surface area contributed by atoms with Crippen molar-refractivity contribution in [1.29, 1.82) is 0 Å². The summed E-state index contributed by atoms with van der Waals surface area (Å²) in [4.78, 5) is 14.8. The van der Waals surface area contributed by atoms with E-state index in [9.17, 15) is 4.79 Å². The summed E-state index contributed by atoms with van der Waals surface area (Å²) in [6.45, 7) is 3.52. The van der Waals surface area contributed by atoms with Crippen molar-refractivity contribution in [2.24, 2.45) is 18.7 Å². The zero-order valence-corrected chi connectivity index (χ0v) is 14.4.